The zero-order chi connectivity index (χ0) is 17.0. The van der Waals surface area contributed by atoms with E-state index < -0.39 is 18.1 Å². The molecule has 1 atom stereocenters. The number of carbonyl (C=O) groups is 1. The topological polar surface area (TPSA) is 42.4 Å². The second-order valence-corrected chi connectivity index (χ2v) is 5.77. The first-order valence-electron chi connectivity index (χ1n) is 6.66. The molecular weight excluding hydrogens is 329 g/mol. The Labute approximate surface area is 135 Å². The number of rotatable bonds is 5. The summed E-state index contributed by atoms with van der Waals surface area (Å²) in [5.41, 5.74) is -0.0158. The molecule has 0 spiro atoms. The molecule has 1 aromatic carbocycles. The summed E-state index contributed by atoms with van der Waals surface area (Å²) in [6, 6.07) is 5.30. The van der Waals surface area contributed by atoms with Crippen LogP contribution in [-0.4, -0.2) is 36.1 Å². The van der Waals surface area contributed by atoms with Crippen molar-refractivity contribution in [2.75, 3.05) is 14.2 Å². The molecule has 1 amide bonds. The SMILES string of the molecule is COCc1nc(C(=O)N(C)[C@@H](c2ccccc2)C(F)(F)F)cs1. The fourth-order valence-electron chi connectivity index (χ4n) is 2.16. The van der Waals surface area contributed by atoms with Crippen molar-refractivity contribution < 1.29 is 22.7 Å². The smallest absolute Gasteiger partial charge is 0.378 e. The maximum absolute atomic E-state index is 13.4. The van der Waals surface area contributed by atoms with Crippen molar-refractivity contribution in [3.8, 4) is 0 Å². The number of carbonyl (C=O) groups excluding carboxylic acids is 1. The Hall–Kier alpha value is -1.93. The maximum Gasteiger partial charge on any atom is 0.413 e. The lowest BCUT2D eigenvalue weighted by atomic mass is 10.0. The van der Waals surface area contributed by atoms with Gasteiger partial charge in [0.1, 0.15) is 10.7 Å². The highest BCUT2D eigenvalue weighted by Crippen LogP contribution is 2.37. The van der Waals surface area contributed by atoms with Crippen LogP contribution in [0, 0.1) is 0 Å². The van der Waals surface area contributed by atoms with E-state index in [9.17, 15) is 18.0 Å². The van der Waals surface area contributed by atoms with E-state index in [4.69, 9.17) is 4.74 Å². The molecule has 1 heterocycles. The first kappa shape index (κ1) is 17.4. The molecule has 23 heavy (non-hydrogen) atoms. The quantitative estimate of drug-likeness (QED) is 0.831. The zero-order valence-electron chi connectivity index (χ0n) is 12.5. The van der Waals surface area contributed by atoms with Crippen LogP contribution in [0.3, 0.4) is 0 Å². The Morgan fingerprint density at radius 3 is 2.57 bits per heavy atom. The Morgan fingerprint density at radius 2 is 2.00 bits per heavy atom. The number of halogens is 3. The first-order valence-corrected chi connectivity index (χ1v) is 7.54. The predicted molar refractivity (Wildman–Crippen MR) is 80.2 cm³/mol. The molecule has 0 saturated heterocycles. The molecule has 0 aliphatic carbocycles. The Balaban J connectivity index is 2.29. The summed E-state index contributed by atoms with van der Waals surface area (Å²) in [5, 5.41) is 1.97. The summed E-state index contributed by atoms with van der Waals surface area (Å²) >= 11 is 1.17. The second-order valence-electron chi connectivity index (χ2n) is 4.83. The number of nitrogens with zero attached hydrogens (tertiary/aromatic N) is 2. The molecule has 8 heteroatoms. The number of benzene rings is 1. The molecule has 0 saturated carbocycles. The van der Waals surface area contributed by atoms with Gasteiger partial charge in [-0.2, -0.15) is 13.2 Å². The largest absolute Gasteiger partial charge is 0.413 e. The van der Waals surface area contributed by atoms with E-state index in [0.717, 1.165) is 7.05 Å². The summed E-state index contributed by atoms with van der Waals surface area (Å²) in [6.07, 6.45) is -4.59. The van der Waals surface area contributed by atoms with E-state index in [1.807, 2.05) is 0 Å². The molecular formula is C15H15F3N2O2S. The minimum Gasteiger partial charge on any atom is -0.378 e. The summed E-state index contributed by atoms with van der Waals surface area (Å²) in [6.45, 7) is 0.211. The minimum absolute atomic E-state index is 0.00296. The van der Waals surface area contributed by atoms with E-state index >= 15 is 0 Å². The first-order chi connectivity index (χ1) is 10.8. The number of hydrogen-bond acceptors (Lipinski definition) is 4. The van der Waals surface area contributed by atoms with E-state index in [2.05, 4.69) is 4.98 Å². The number of amides is 1. The van der Waals surface area contributed by atoms with Crippen molar-refractivity contribution in [1.29, 1.82) is 0 Å². The summed E-state index contributed by atoms with van der Waals surface area (Å²) in [7, 11) is 2.60. The molecule has 0 radical (unpaired) electrons. The number of thiazole rings is 1. The highest BCUT2D eigenvalue weighted by atomic mass is 32.1. The lowest BCUT2D eigenvalue weighted by Crippen LogP contribution is -2.39. The lowest BCUT2D eigenvalue weighted by molar-refractivity contribution is -0.176. The molecule has 0 fully saturated rings. The summed E-state index contributed by atoms with van der Waals surface area (Å²) in [4.78, 5) is 17.0. The van der Waals surface area contributed by atoms with Crippen LogP contribution in [0.2, 0.25) is 0 Å². The van der Waals surface area contributed by atoms with E-state index in [0.29, 0.717) is 9.91 Å². The summed E-state index contributed by atoms with van der Waals surface area (Å²) < 4.78 is 45.2. The minimum atomic E-state index is -4.59. The average molecular weight is 344 g/mol. The standard InChI is InChI=1S/C15H15F3N2O2S/c1-20(14(21)11-9-23-12(19-11)8-22-2)13(15(16,17)18)10-6-4-3-5-7-10/h3-7,9,13H,8H2,1-2H3/t13-/m0/s1. The Bertz CT molecular complexity index is 658. The zero-order valence-corrected chi connectivity index (χ0v) is 13.3. The van der Waals surface area contributed by atoms with Crippen LogP contribution >= 0.6 is 11.3 Å². The number of methoxy groups -OCH3 is 1. The molecule has 0 N–H and O–H groups in total. The number of alkyl halides is 3. The third kappa shape index (κ3) is 4.08. The third-order valence-corrected chi connectivity index (χ3v) is 3.99. The van der Waals surface area contributed by atoms with Crippen LogP contribution in [0.25, 0.3) is 0 Å². The van der Waals surface area contributed by atoms with Gasteiger partial charge in [-0.05, 0) is 5.56 Å². The van der Waals surface area contributed by atoms with Gasteiger partial charge in [-0.25, -0.2) is 4.98 Å². The number of hydrogen-bond donors (Lipinski definition) is 0. The van der Waals surface area contributed by atoms with E-state index in [1.165, 1.54) is 48.1 Å². The highest BCUT2D eigenvalue weighted by Gasteiger charge is 2.45. The van der Waals surface area contributed by atoms with Gasteiger partial charge in [-0.3, -0.25) is 4.79 Å². The van der Waals surface area contributed by atoms with Gasteiger partial charge >= 0.3 is 6.18 Å². The molecule has 0 aliphatic heterocycles. The van der Waals surface area contributed by atoms with Crippen molar-refractivity contribution >= 4 is 17.2 Å². The van der Waals surface area contributed by atoms with Gasteiger partial charge < -0.3 is 9.64 Å². The predicted octanol–water partition coefficient (Wildman–Crippen LogP) is 3.67. The van der Waals surface area contributed by atoms with Gasteiger partial charge in [0.15, 0.2) is 6.04 Å². The molecule has 4 nitrogen and oxygen atoms in total. The van der Waals surface area contributed by atoms with Crippen molar-refractivity contribution in [3.63, 3.8) is 0 Å². The lowest BCUT2D eigenvalue weighted by Gasteiger charge is -2.29. The van der Waals surface area contributed by atoms with Crippen molar-refractivity contribution in [1.82, 2.24) is 9.88 Å². The summed E-state index contributed by atoms with van der Waals surface area (Å²) in [5.74, 6) is -0.783. The van der Waals surface area contributed by atoms with Gasteiger partial charge in [-0.15, -0.1) is 11.3 Å². The third-order valence-electron chi connectivity index (χ3n) is 3.17. The van der Waals surface area contributed by atoms with Gasteiger partial charge in [0.05, 0.1) is 6.61 Å². The molecule has 1 aromatic heterocycles. The van der Waals surface area contributed by atoms with Gasteiger partial charge in [0, 0.05) is 19.5 Å². The maximum atomic E-state index is 13.4. The van der Waals surface area contributed by atoms with Crippen LogP contribution < -0.4 is 0 Å². The van der Waals surface area contributed by atoms with E-state index in [-0.39, 0.29) is 17.9 Å². The molecule has 124 valence electrons. The average Bonchev–Trinajstić information content (AvgIpc) is 2.95. The fourth-order valence-corrected chi connectivity index (χ4v) is 2.90. The normalized spacial score (nSPS) is 12.9. The van der Waals surface area contributed by atoms with Crippen LogP contribution in [-0.2, 0) is 11.3 Å². The van der Waals surface area contributed by atoms with Gasteiger partial charge in [0.2, 0.25) is 0 Å². The van der Waals surface area contributed by atoms with Crippen LogP contribution in [0.1, 0.15) is 27.1 Å². The Kier molecular flexibility index (Phi) is 5.38. The number of ether oxygens (including phenoxy) is 1. The van der Waals surface area contributed by atoms with Gasteiger partial charge in [0.25, 0.3) is 5.91 Å². The second kappa shape index (κ2) is 7.10. The molecule has 2 aromatic rings. The van der Waals surface area contributed by atoms with Crippen LogP contribution in [0.4, 0.5) is 13.2 Å². The van der Waals surface area contributed by atoms with Crippen molar-refractivity contribution in [2.45, 2.75) is 18.8 Å². The van der Waals surface area contributed by atoms with Crippen molar-refractivity contribution in [2.24, 2.45) is 0 Å². The van der Waals surface area contributed by atoms with Crippen molar-refractivity contribution in [3.05, 3.63) is 52.0 Å². The van der Waals surface area contributed by atoms with Gasteiger partial charge in [-0.1, -0.05) is 30.3 Å². The molecule has 2 rings (SSSR count). The monoisotopic (exact) mass is 344 g/mol. The molecule has 0 aliphatic rings. The van der Waals surface area contributed by atoms with Crippen LogP contribution in [0.5, 0.6) is 0 Å². The molecule has 0 bridgehead atoms. The fraction of sp³-hybridized carbons (Fsp3) is 0.333. The highest BCUT2D eigenvalue weighted by molar-refractivity contribution is 7.09. The Morgan fingerprint density at radius 1 is 1.35 bits per heavy atom. The van der Waals surface area contributed by atoms with E-state index in [1.54, 1.807) is 6.07 Å². The molecule has 0 unspecified atom stereocenters. The van der Waals surface area contributed by atoms with Crippen LogP contribution in [0.15, 0.2) is 35.7 Å². The number of aromatic nitrogens is 1.